The zero-order valence-corrected chi connectivity index (χ0v) is 7.62. The van der Waals surface area contributed by atoms with Gasteiger partial charge in [-0.3, -0.25) is 4.79 Å². The fraction of sp³-hybridized carbons (Fsp3) is 0.714. The molecule has 1 aliphatic rings. The first-order valence-electron chi connectivity index (χ1n) is 4.01. The zero-order valence-electron chi connectivity index (χ0n) is 6.80. The van der Waals surface area contributed by atoms with E-state index in [1.807, 2.05) is 0 Å². The van der Waals surface area contributed by atoms with Crippen molar-refractivity contribution >= 4 is 23.2 Å². The summed E-state index contributed by atoms with van der Waals surface area (Å²) < 4.78 is 0. The molecule has 0 saturated heterocycles. The molecule has 68 valence electrons. The predicted octanol–water partition coefficient (Wildman–Crippen LogP) is -0.654. The van der Waals surface area contributed by atoms with Gasteiger partial charge in [0.2, 0.25) is 5.91 Å². The van der Waals surface area contributed by atoms with Crippen LogP contribution in [0.25, 0.3) is 0 Å². The molecule has 12 heavy (non-hydrogen) atoms. The number of rotatable bonds is 4. The van der Waals surface area contributed by atoms with E-state index in [9.17, 15) is 4.79 Å². The van der Waals surface area contributed by atoms with Gasteiger partial charge in [-0.1, -0.05) is 0 Å². The number of amides is 1. The second-order valence-corrected chi connectivity index (χ2v) is 3.30. The van der Waals surface area contributed by atoms with E-state index in [0.717, 1.165) is 12.8 Å². The van der Waals surface area contributed by atoms with Crippen LogP contribution in [0, 0.1) is 5.92 Å². The lowest BCUT2D eigenvalue weighted by Gasteiger charge is -2.04. The van der Waals surface area contributed by atoms with Gasteiger partial charge in [-0.15, -0.1) is 0 Å². The molecule has 0 aromatic heterocycles. The van der Waals surface area contributed by atoms with Crippen LogP contribution in [0.15, 0.2) is 0 Å². The van der Waals surface area contributed by atoms with Crippen LogP contribution in [-0.4, -0.2) is 24.1 Å². The monoisotopic (exact) mass is 187 g/mol. The Bertz CT molecular complexity index is 191. The largest absolute Gasteiger partial charge is 0.376 e. The Balaban J connectivity index is 1.94. The van der Waals surface area contributed by atoms with Gasteiger partial charge in [0.15, 0.2) is 5.11 Å². The highest BCUT2D eigenvalue weighted by molar-refractivity contribution is 7.80. The molecule has 1 rings (SSSR count). The lowest BCUT2D eigenvalue weighted by Crippen LogP contribution is -2.37. The Morgan fingerprint density at radius 2 is 2.00 bits per heavy atom. The molecule has 0 radical (unpaired) electrons. The number of carbonyl (C=O) groups excluding carboxylic acids is 1. The summed E-state index contributed by atoms with van der Waals surface area (Å²) in [4.78, 5) is 11.0. The molecule has 4 N–H and O–H groups in total. The summed E-state index contributed by atoms with van der Waals surface area (Å²) in [7, 11) is 0. The fourth-order valence-electron chi connectivity index (χ4n) is 0.861. The Labute approximate surface area is 76.9 Å². The van der Waals surface area contributed by atoms with Crippen molar-refractivity contribution < 1.29 is 4.79 Å². The van der Waals surface area contributed by atoms with Gasteiger partial charge in [0.25, 0.3) is 0 Å². The Kier molecular flexibility index (Phi) is 3.28. The fourth-order valence-corrected chi connectivity index (χ4v) is 0.963. The van der Waals surface area contributed by atoms with Gasteiger partial charge in [-0.05, 0) is 25.1 Å². The third-order valence-electron chi connectivity index (χ3n) is 1.67. The van der Waals surface area contributed by atoms with Gasteiger partial charge in [0.1, 0.15) is 0 Å². The summed E-state index contributed by atoms with van der Waals surface area (Å²) in [6.07, 6.45) is 2.07. The van der Waals surface area contributed by atoms with Crippen molar-refractivity contribution in [3.8, 4) is 0 Å². The van der Waals surface area contributed by atoms with Crippen LogP contribution in [0.4, 0.5) is 0 Å². The van der Waals surface area contributed by atoms with Gasteiger partial charge in [0, 0.05) is 19.0 Å². The molecular formula is C7H13N3OS. The molecule has 0 atom stereocenters. The first-order chi connectivity index (χ1) is 5.70. The number of carbonyl (C=O) groups is 1. The normalized spacial score (nSPS) is 15.3. The molecule has 0 heterocycles. The predicted molar refractivity (Wildman–Crippen MR) is 50.5 cm³/mol. The van der Waals surface area contributed by atoms with E-state index in [1.54, 1.807) is 0 Å². The molecule has 0 bridgehead atoms. The maximum absolute atomic E-state index is 11.0. The summed E-state index contributed by atoms with van der Waals surface area (Å²) in [6.45, 7) is 1.19. The van der Waals surface area contributed by atoms with Crippen molar-refractivity contribution in [2.45, 2.75) is 12.8 Å². The minimum Gasteiger partial charge on any atom is -0.376 e. The molecule has 1 saturated carbocycles. The molecule has 0 spiro atoms. The maximum atomic E-state index is 11.0. The molecule has 4 nitrogen and oxygen atoms in total. The van der Waals surface area contributed by atoms with Crippen molar-refractivity contribution in [2.75, 3.05) is 13.1 Å². The number of hydrogen-bond acceptors (Lipinski definition) is 2. The maximum Gasteiger partial charge on any atom is 0.223 e. The van der Waals surface area contributed by atoms with Gasteiger partial charge in [0.05, 0.1) is 0 Å². The van der Waals surface area contributed by atoms with Crippen molar-refractivity contribution in [3.05, 3.63) is 0 Å². The number of hydrogen-bond donors (Lipinski definition) is 3. The van der Waals surface area contributed by atoms with Gasteiger partial charge in [-0.25, -0.2) is 0 Å². The van der Waals surface area contributed by atoms with Crippen molar-refractivity contribution in [1.29, 1.82) is 0 Å². The van der Waals surface area contributed by atoms with Crippen molar-refractivity contribution in [1.82, 2.24) is 10.6 Å². The topological polar surface area (TPSA) is 67.2 Å². The average molecular weight is 187 g/mol. The molecular weight excluding hydrogens is 174 g/mol. The lowest BCUT2D eigenvalue weighted by molar-refractivity contribution is -0.122. The van der Waals surface area contributed by atoms with E-state index in [2.05, 4.69) is 22.9 Å². The lowest BCUT2D eigenvalue weighted by atomic mass is 10.4. The van der Waals surface area contributed by atoms with Crippen molar-refractivity contribution in [2.24, 2.45) is 11.7 Å². The van der Waals surface area contributed by atoms with Crippen LogP contribution in [0.1, 0.15) is 12.8 Å². The zero-order chi connectivity index (χ0) is 8.97. The van der Waals surface area contributed by atoms with Gasteiger partial charge >= 0.3 is 0 Å². The van der Waals surface area contributed by atoms with Crippen LogP contribution in [-0.2, 0) is 4.79 Å². The molecule has 0 unspecified atom stereocenters. The van der Waals surface area contributed by atoms with E-state index in [-0.39, 0.29) is 16.9 Å². The Morgan fingerprint density at radius 1 is 1.42 bits per heavy atom. The van der Waals surface area contributed by atoms with Crippen molar-refractivity contribution in [3.63, 3.8) is 0 Å². The van der Waals surface area contributed by atoms with Gasteiger partial charge < -0.3 is 16.4 Å². The van der Waals surface area contributed by atoms with E-state index < -0.39 is 0 Å². The van der Waals surface area contributed by atoms with E-state index in [0.29, 0.717) is 13.1 Å². The summed E-state index contributed by atoms with van der Waals surface area (Å²) in [6, 6.07) is 0. The highest BCUT2D eigenvalue weighted by Gasteiger charge is 2.28. The Morgan fingerprint density at radius 3 is 2.50 bits per heavy atom. The molecule has 5 heteroatoms. The smallest absolute Gasteiger partial charge is 0.223 e. The summed E-state index contributed by atoms with van der Waals surface area (Å²) in [5, 5.41) is 5.81. The molecule has 1 fully saturated rings. The SMILES string of the molecule is NC(=S)NCCNC(=O)C1CC1. The summed E-state index contributed by atoms with van der Waals surface area (Å²) in [5.41, 5.74) is 5.19. The van der Waals surface area contributed by atoms with Crippen LogP contribution < -0.4 is 16.4 Å². The first-order valence-corrected chi connectivity index (χ1v) is 4.42. The molecule has 0 aromatic carbocycles. The molecule has 0 aliphatic heterocycles. The third kappa shape index (κ3) is 3.52. The third-order valence-corrected chi connectivity index (χ3v) is 1.82. The van der Waals surface area contributed by atoms with Crippen LogP contribution in [0.2, 0.25) is 0 Å². The highest BCUT2D eigenvalue weighted by atomic mass is 32.1. The first kappa shape index (κ1) is 9.25. The quantitative estimate of drug-likeness (QED) is 0.404. The average Bonchev–Trinajstić information content (AvgIpc) is 2.79. The molecule has 0 aromatic rings. The van der Waals surface area contributed by atoms with E-state index in [1.165, 1.54) is 0 Å². The number of thiocarbonyl (C=S) groups is 1. The molecule has 1 amide bonds. The minimum atomic E-state index is 0.153. The summed E-state index contributed by atoms with van der Waals surface area (Å²) >= 11 is 4.59. The summed E-state index contributed by atoms with van der Waals surface area (Å²) in [5.74, 6) is 0.426. The number of nitrogens with two attached hydrogens (primary N) is 1. The number of nitrogens with one attached hydrogen (secondary N) is 2. The van der Waals surface area contributed by atoms with Crippen LogP contribution in [0.3, 0.4) is 0 Å². The highest BCUT2D eigenvalue weighted by Crippen LogP contribution is 2.28. The second-order valence-electron chi connectivity index (χ2n) is 2.86. The van der Waals surface area contributed by atoms with Gasteiger partial charge in [-0.2, -0.15) is 0 Å². The van der Waals surface area contributed by atoms with E-state index >= 15 is 0 Å². The van der Waals surface area contributed by atoms with E-state index in [4.69, 9.17) is 5.73 Å². The van der Waals surface area contributed by atoms with Crippen LogP contribution in [0.5, 0.6) is 0 Å². The minimum absolute atomic E-state index is 0.153. The molecule has 1 aliphatic carbocycles. The van der Waals surface area contributed by atoms with Crippen LogP contribution >= 0.6 is 12.2 Å². The Hall–Kier alpha value is -0.840. The standard InChI is InChI=1S/C7H13N3OS/c8-7(12)10-4-3-9-6(11)5-1-2-5/h5H,1-4H2,(H,9,11)(H3,8,10,12). The second kappa shape index (κ2) is 4.25.